The Hall–Kier alpha value is -1.06. The molecule has 0 aromatic heterocycles. The Kier molecular flexibility index (Phi) is 5.63. The summed E-state index contributed by atoms with van der Waals surface area (Å²) in [5.41, 5.74) is 9.38. The minimum atomic E-state index is 0.428. The highest BCUT2D eigenvalue weighted by Crippen LogP contribution is 2.30. The van der Waals surface area contributed by atoms with Crippen LogP contribution in [0.5, 0.6) is 5.75 Å². The van der Waals surface area contributed by atoms with Crippen LogP contribution < -0.4 is 10.5 Å². The molecule has 0 spiro atoms. The summed E-state index contributed by atoms with van der Waals surface area (Å²) in [5, 5.41) is 0. The predicted molar refractivity (Wildman–Crippen MR) is 77.2 cm³/mol. The fourth-order valence-corrected chi connectivity index (χ4v) is 2.53. The smallest absolute Gasteiger partial charge is 0.124 e. The number of ether oxygens (including phenoxy) is 1. The predicted octanol–water partition coefficient (Wildman–Crippen LogP) is 2.65. The minimum Gasteiger partial charge on any atom is -0.496 e. The highest BCUT2D eigenvalue weighted by Gasteiger charge is 2.16. The summed E-state index contributed by atoms with van der Waals surface area (Å²) in [5.74, 6) is 0.995. The van der Waals surface area contributed by atoms with E-state index in [9.17, 15) is 0 Å². The van der Waals surface area contributed by atoms with Gasteiger partial charge in [0.2, 0.25) is 0 Å². The average Bonchev–Trinajstić information content (AvgIpc) is 2.28. The van der Waals surface area contributed by atoms with E-state index in [1.54, 1.807) is 7.11 Å². The molecule has 1 unspecified atom stereocenters. The van der Waals surface area contributed by atoms with E-state index in [2.05, 4.69) is 45.0 Å². The molecule has 0 radical (unpaired) electrons. The summed E-state index contributed by atoms with van der Waals surface area (Å²) in [6, 6.07) is 4.89. The Morgan fingerprint density at radius 1 is 1.22 bits per heavy atom. The van der Waals surface area contributed by atoms with Crippen LogP contribution in [0.25, 0.3) is 0 Å². The summed E-state index contributed by atoms with van der Waals surface area (Å²) in [6.07, 6.45) is 2.14. The molecule has 18 heavy (non-hydrogen) atoms. The zero-order valence-corrected chi connectivity index (χ0v) is 12.3. The number of nitrogens with zero attached hydrogens (tertiary/aromatic N) is 1. The molecular formula is C15H26N2O. The van der Waals surface area contributed by atoms with E-state index in [4.69, 9.17) is 10.5 Å². The molecule has 1 aromatic rings. The van der Waals surface area contributed by atoms with E-state index < -0.39 is 0 Å². The zero-order chi connectivity index (χ0) is 13.7. The lowest BCUT2D eigenvalue weighted by Crippen LogP contribution is -2.21. The Bertz CT molecular complexity index is 365. The van der Waals surface area contributed by atoms with Gasteiger partial charge in [0, 0.05) is 6.04 Å². The lowest BCUT2D eigenvalue weighted by Gasteiger charge is -2.26. The molecule has 1 rings (SSSR count). The van der Waals surface area contributed by atoms with E-state index in [-0.39, 0.29) is 0 Å². The quantitative estimate of drug-likeness (QED) is 0.843. The molecule has 102 valence electrons. The Morgan fingerprint density at radius 3 is 2.17 bits per heavy atom. The van der Waals surface area contributed by atoms with E-state index in [1.165, 1.54) is 16.7 Å². The third kappa shape index (κ3) is 3.47. The fraction of sp³-hybridized carbons (Fsp3) is 0.600. The number of hydrogen-bond donors (Lipinski definition) is 1. The van der Waals surface area contributed by atoms with E-state index in [0.717, 1.165) is 25.1 Å². The maximum atomic E-state index is 5.62. The molecule has 0 aliphatic carbocycles. The molecule has 0 bridgehead atoms. The van der Waals surface area contributed by atoms with Crippen LogP contribution in [0.15, 0.2) is 12.1 Å². The third-order valence-corrected chi connectivity index (χ3v) is 3.38. The van der Waals surface area contributed by atoms with Gasteiger partial charge in [0.25, 0.3) is 0 Å². The van der Waals surface area contributed by atoms with Crippen molar-refractivity contribution in [1.82, 2.24) is 4.90 Å². The Morgan fingerprint density at radius 2 is 1.78 bits per heavy atom. The summed E-state index contributed by atoms with van der Waals surface area (Å²) < 4.78 is 5.42. The van der Waals surface area contributed by atoms with Gasteiger partial charge in [-0.3, -0.25) is 0 Å². The van der Waals surface area contributed by atoms with Crippen molar-refractivity contribution >= 4 is 0 Å². The van der Waals surface area contributed by atoms with Crippen molar-refractivity contribution in [3.05, 3.63) is 28.8 Å². The van der Waals surface area contributed by atoms with Crippen molar-refractivity contribution in [3.8, 4) is 5.75 Å². The number of benzene rings is 1. The van der Waals surface area contributed by atoms with Gasteiger partial charge in [-0.05, 0) is 64.0 Å². The van der Waals surface area contributed by atoms with Gasteiger partial charge >= 0.3 is 0 Å². The summed E-state index contributed by atoms with van der Waals surface area (Å²) in [4.78, 5) is 2.26. The Labute approximate surface area is 111 Å². The van der Waals surface area contributed by atoms with Crippen molar-refractivity contribution in [2.24, 2.45) is 5.73 Å². The van der Waals surface area contributed by atoms with Gasteiger partial charge in [0.05, 0.1) is 7.11 Å². The first-order valence-electron chi connectivity index (χ1n) is 6.52. The molecule has 0 heterocycles. The Balaban J connectivity index is 3.05. The number of methoxy groups -OCH3 is 1. The van der Waals surface area contributed by atoms with Crippen LogP contribution in [0.4, 0.5) is 0 Å². The molecule has 1 atom stereocenters. The second-order valence-electron chi connectivity index (χ2n) is 5.10. The third-order valence-electron chi connectivity index (χ3n) is 3.38. The summed E-state index contributed by atoms with van der Waals surface area (Å²) in [7, 11) is 5.97. The van der Waals surface area contributed by atoms with E-state index in [1.807, 2.05) is 0 Å². The van der Waals surface area contributed by atoms with Gasteiger partial charge in [-0.25, -0.2) is 0 Å². The van der Waals surface area contributed by atoms with Gasteiger partial charge in [-0.1, -0.05) is 12.1 Å². The van der Waals surface area contributed by atoms with Crippen LogP contribution in [0.2, 0.25) is 0 Å². The van der Waals surface area contributed by atoms with Crippen LogP contribution in [0.1, 0.15) is 35.6 Å². The van der Waals surface area contributed by atoms with Crippen molar-refractivity contribution in [3.63, 3.8) is 0 Å². The molecule has 0 aliphatic heterocycles. The molecular weight excluding hydrogens is 224 g/mol. The maximum absolute atomic E-state index is 5.62. The highest BCUT2D eigenvalue weighted by molar-refractivity contribution is 5.44. The van der Waals surface area contributed by atoms with Gasteiger partial charge < -0.3 is 15.4 Å². The maximum Gasteiger partial charge on any atom is 0.124 e. The van der Waals surface area contributed by atoms with Gasteiger partial charge in [0.15, 0.2) is 0 Å². The SMILES string of the molecule is COc1c(C)cc(C(CCCN)N(C)C)cc1C. The number of hydrogen-bond acceptors (Lipinski definition) is 3. The zero-order valence-electron chi connectivity index (χ0n) is 12.3. The molecule has 2 N–H and O–H groups in total. The van der Waals surface area contributed by atoms with Crippen molar-refractivity contribution in [1.29, 1.82) is 0 Å². The van der Waals surface area contributed by atoms with Gasteiger partial charge in [0.1, 0.15) is 5.75 Å². The van der Waals surface area contributed by atoms with Crippen molar-refractivity contribution < 1.29 is 4.74 Å². The highest BCUT2D eigenvalue weighted by atomic mass is 16.5. The first-order chi connectivity index (χ1) is 8.51. The standard InChI is InChI=1S/C15H26N2O/c1-11-9-13(10-12(2)15(11)18-5)14(17(3)4)7-6-8-16/h9-10,14H,6-8,16H2,1-5H3. The van der Waals surface area contributed by atoms with Crippen molar-refractivity contribution in [2.45, 2.75) is 32.7 Å². The van der Waals surface area contributed by atoms with Crippen LogP contribution in [0, 0.1) is 13.8 Å². The van der Waals surface area contributed by atoms with Crippen molar-refractivity contribution in [2.75, 3.05) is 27.7 Å². The van der Waals surface area contributed by atoms with Gasteiger partial charge in [-0.2, -0.15) is 0 Å². The molecule has 1 aromatic carbocycles. The second-order valence-corrected chi connectivity index (χ2v) is 5.10. The van der Waals surface area contributed by atoms with Crippen LogP contribution in [-0.2, 0) is 0 Å². The molecule has 0 amide bonds. The van der Waals surface area contributed by atoms with Crippen LogP contribution in [-0.4, -0.2) is 32.6 Å². The topological polar surface area (TPSA) is 38.5 Å². The second kappa shape index (κ2) is 6.76. The van der Waals surface area contributed by atoms with Crippen LogP contribution in [0.3, 0.4) is 0 Å². The lowest BCUT2D eigenvalue weighted by molar-refractivity contribution is 0.280. The van der Waals surface area contributed by atoms with Gasteiger partial charge in [-0.15, -0.1) is 0 Å². The lowest BCUT2D eigenvalue weighted by atomic mass is 9.96. The normalized spacial score (nSPS) is 12.8. The number of aryl methyl sites for hydroxylation is 2. The van der Waals surface area contributed by atoms with E-state index in [0.29, 0.717) is 6.04 Å². The monoisotopic (exact) mass is 250 g/mol. The summed E-state index contributed by atoms with van der Waals surface area (Å²) >= 11 is 0. The molecule has 0 saturated heterocycles. The van der Waals surface area contributed by atoms with E-state index >= 15 is 0 Å². The number of rotatable bonds is 6. The molecule has 3 nitrogen and oxygen atoms in total. The van der Waals surface area contributed by atoms with Crippen LogP contribution >= 0.6 is 0 Å². The minimum absolute atomic E-state index is 0.428. The molecule has 3 heteroatoms. The molecule has 0 saturated carbocycles. The first-order valence-corrected chi connectivity index (χ1v) is 6.52. The summed E-state index contributed by atoms with van der Waals surface area (Å²) in [6.45, 7) is 4.95. The fourth-order valence-electron chi connectivity index (χ4n) is 2.53. The average molecular weight is 250 g/mol. The molecule has 0 aliphatic rings. The largest absolute Gasteiger partial charge is 0.496 e. The first kappa shape index (κ1) is 15.0. The molecule has 0 fully saturated rings. The number of nitrogens with two attached hydrogens (primary N) is 1.